The lowest BCUT2D eigenvalue weighted by Crippen LogP contribution is -2.50. The fourth-order valence-electron chi connectivity index (χ4n) is 1.06. The number of hydrogen-bond donors (Lipinski definition) is 0. The molecule has 1 fully saturated rings. The predicted molar refractivity (Wildman–Crippen MR) is 46.8 cm³/mol. The quantitative estimate of drug-likeness (QED) is 0.484. The van der Waals surface area contributed by atoms with Crippen LogP contribution in [0, 0.1) is 0 Å². The Hall–Kier alpha value is 0.461. The molecule has 0 aromatic heterocycles. The molecule has 3 nitrogen and oxygen atoms in total. The van der Waals surface area contributed by atoms with Crippen LogP contribution < -0.4 is 0 Å². The molecule has 2 atom stereocenters. The Morgan fingerprint density at radius 3 is 2.91 bits per heavy atom. The molecular weight excluding hydrogens is 199 g/mol. The van der Waals surface area contributed by atoms with Gasteiger partial charge in [0.2, 0.25) is 0 Å². The van der Waals surface area contributed by atoms with Crippen LogP contribution in [0.4, 0.5) is 4.11 Å². The maximum absolute atomic E-state index is 12.7. The molecule has 66 valence electrons. The minimum atomic E-state index is -2.75. The number of rotatable bonds is 2. The molecule has 0 amide bonds. The van der Waals surface area contributed by atoms with Gasteiger partial charge < -0.3 is 12.3 Å². The van der Waals surface area contributed by atoms with Gasteiger partial charge >= 0.3 is 18.2 Å². The van der Waals surface area contributed by atoms with Gasteiger partial charge in [0.25, 0.3) is 10.0 Å². The van der Waals surface area contributed by atoms with Crippen molar-refractivity contribution in [3.05, 3.63) is 0 Å². The normalized spacial score (nSPS) is 41.2. The summed E-state index contributed by atoms with van der Waals surface area (Å²) < 4.78 is 27.9. The third-order valence-electron chi connectivity index (χ3n) is 1.61. The highest BCUT2D eigenvalue weighted by molar-refractivity contribution is 6.77. The highest BCUT2D eigenvalue weighted by atomic mass is 28.5. The average molecular weight is 212 g/mol. The van der Waals surface area contributed by atoms with Crippen LogP contribution in [0.1, 0.15) is 13.3 Å². The van der Waals surface area contributed by atoms with E-state index in [1.54, 1.807) is 0 Å². The van der Waals surface area contributed by atoms with Crippen LogP contribution in [-0.4, -0.2) is 28.2 Å². The third-order valence-corrected chi connectivity index (χ3v) is 10.3. The topological polar surface area (TPSA) is 27.7 Å². The lowest BCUT2D eigenvalue weighted by Gasteiger charge is -2.32. The van der Waals surface area contributed by atoms with Crippen LogP contribution >= 0.6 is 0 Å². The van der Waals surface area contributed by atoms with Crippen molar-refractivity contribution < 1.29 is 16.5 Å². The minimum Gasteiger partial charge on any atom is -0.420 e. The van der Waals surface area contributed by atoms with E-state index < -0.39 is 28.2 Å². The van der Waals surface area contributed by atoms with Crippen molar-refractivity contribution in [3.8, 4) is 0 Å². The second-order valence-electron chi connectivity index (χ2n) is 2.70. The Labute approximate surface area is 71.2 Å². The minimum absolute atomic E-state index is 0.886. The molecule has 11 heavy (non-hydrogen) atoms. The molecule has 0 saturated carbocycles. The van der Waals surface area contributed by atoms with Gasteiger partial charge in [-0.1, -0.05) is 13.3 Å². The molecule has 0 spiro atoms. The zero-order valence-corrected chi connectivity index (χ0v) is 10.4. The van der Waals surface area contributed by atoms with Gasteiger partial charge in [-0.15, -0.1) is 0 Å². The first-order valence-electron chi connectivity index (χ1n) is 3.74. The first kappa shape index (κ1) is 9.55. The van der Waals surface area contributed by atoms with Crippen LogP contribution in [0.25, 0.3) is 0 Å². The summed E-state index contributed by atoms with van der Waals surface area (Å²) in [6, 6.07) is 0.886. The summed E-state index contributed by atoms with van der Waals surface area (Å²) in [7, 11) is -5.87. The summed E-state index contributed by atoms with van der Waals surface area (Å²) in [6.07, 6.45) is 0.998. The molecule has 1 heterocycles. The fourth-order valence-corrected chi connectivity index (χ4v) is 8.67. The average Bonchev–Trinajstić information content (AvgIpc) is 1.86. The van der Waals surface area contributed by atoms with E-state index in [0.717, 1.165) is 12.5 Å². The molecule has 1 aliphatic heterocycles. The summed E-state index contributed by atoms with van der Waals surface area (Å²) in [5, 5.41) is 0. The Balaban J connectivity index is 2.41. The van der Waals surface area contributed by atoms with Crippen LogP contribution in [0.2, 0.25) is 12.6 Å². The van der Waals surface area contributed by atoms with E-state index in [4.69, 9.17) is 12.3 Å². The molecule has 1 saturated heterocycles. The monoisotopic (exact) mass is 212 g/mol. The van der Waals surface area contributed by atoms with Gasteiger partial charge in [0.15, 0.2) is 0 Å². The van der Waals surface area contributed by atoms with Crippen LogP contribution in [0.5, 0.6) is 0 Å². The second kappa shape index (κ2) is 3.92. The SMILES string of the molecule is CCC[Si]1(C)O[SiH2]O[SiH](F)O1. The molecule has 0 aromatic rings. The summed E-state index contributed by atoms with van der Waals surface area (Å²) in [4.78, 5) is 0. The van der Waals surface area contributed by atoms with E-state index in [1.807, 2.05) is 6.55 Å². The molecule has 0 bridgehead atoms. The molecule has 0 N–H and O–H groups in total. The van der Waals surface area contributed by atoms with Crippen molar-refractivity contribution in [2.75, 3.05) is 0 Å². The lowest BCUT2D eigenvalue weighted by molar-refractivity contribution is 0.245. The Kier molecular flexibility index (Phi) is 3.40. The molecule has 0 aliphatic carbocycles. The molecular formula is C4H13FO3Si3. The highest BCUT2D eigenvalue weighted by Crippen LogP contribution is 2.20. The van der Waals surface area contributed by atoms with Gasteiger partial charge in [-0.05, 0) is 12.6 Å². The maximum Gasteiger partial charge on any atom is 0.506 e. The van der Waals surface area contributed by atoms with E-state index in [9.17, 15) is 4.11 Å². The summed E-state index contributed by atoms with van der Waals surface area (Å²) >= 11 is 0. The molecule has 2 unspecified atom stereocenters. The van der Waals surface area contributed by atoms with Gasteiger partial charge in [0.1, 0.15) is 0 Å². The first-order valence-corrected chi connectivity index (χ1v) is 8.79. The van der Waals surface area contributed by atoms with Crippen molar-refractivity contribution in [1.82, 2.24) is 0 Å². The lowest BCUT2D eigenvalue weighted by atomic mass is 10.6. The predicted octanol–water partition coefficient (Wildman–Crippen LogP) is 0.217. The van der Waals surface area contributed by atoms with Crippen LogP contribution in [0.15, 0.2) is 0 Å². The van der Waals surface area contributed by atoms with Crippen molar-refractivity contribution >= 4 is 28.2 Å². The van der Waals surface area contributed by atoms with Gasteiger partial charge in [-0.2, -0.15) is 0 Å². The largest absolute Gasteiger partial charge is 0.506 e. The Morgan fingerprint density at radius 2 is 2.36 bits per heavy atom. The molecule has 1 aliphatic rings. The zero-order chi connectivity index (χ0) is 8.32. The third kappa shape index (κ3) is 2.76. The molecule has 1 rings (SSSR count). The van der Waals surface area contributed by atoms with E-state index in [-0.39, 0.29) is 0 Å². The zero-order valence-electron chi connectivity index (χ0n) is 6.80. The van der Waals surface area contributed by atoms with E-state index in [1.165, 1.54) is 0 Å². The summed E-state index contributed by atoms with van der Waals surface area (Å²) in [5.74, 6) is 0. The standard InChI is InChI=1S/C4H13FO3Si3/c1-3-4-11(2)7-9-6-10(5)8-11/h10H,3-4,9H2,1-2H3. The molecule has 0 aromatic carbocycles. The fraction of sp³-hybridized carbons (Fsp3) is 1.00. The van der Waals surface area contributed by atoms with E-state index in [0.29, 0.717) is 0 Å². The van der Waals surface area contributed by atoms with E-state index >= 15 is 0 Å². The Morgan fingerprint density at radius 1 is 1.64 bits per heavy atom. The highest BCUT2D eigenvalue weighted by Gasteiger charge is 2.38. The summed E-state index contributed by atoms with van der Waals surface area (Å²) in [6.45, 7) is 3.97. The van der Waals surface area contributed by atoms with Crippen molar-refractivity contribution in [3.63, 3.8) is 0 Å². The van der Waals surface area contributed by atoms with Crippen LogP contribution in [-0.2, 0) is 12.3 Å². The van der Waals surface area contributed by atoms with Crippen molar-refractivity contribution in [2.24, 2.45) is 0 Å². The van der Waals surface area contributed by atoms with E-state index in [2.05, 4.69) is 6.92 Å². The first-order chi connectivity index (χ1) is 5.16. The molecule has 0 radical (unpaired) electrons. The second-order valence-corrected chi connectivity index (χ2v) is 9.69. The summed E-state index contributed by atoms with van der Waals surface area (Å²) in [5.41, 5.74) is 0. The van der Waals surface area contributed by atoms with Crippen molar-refractivity contribution in [1.29, 1.82) is 0 Å². The van der Waals surface area contributed by atoms with Crippen LogP contribution in [0.3, 0.4) is 0 Å². The number of halogens is 1. The smallest absolute Gasteiger partial charge is 0.420 e. The Bertz CT molecular complexity index is 134. The number of hydrogen-bond acceptors (Lipinski definition) is 3. The van der Waals surface area contributed by atoms with Gasteiger partial charge in [-0.3, -0.25) is 0 Å². The van der Waals surface area contributed by atoms with Gasteiger partial charge in [0.05, 0.1) is 0 Å². The van der Waals surface area contributed by atoms with Gasteiger partial charge in [-0.25, -0.2) is 4.11 Å². The van der Waals surface area contributed by atoms with Crippen molar-refractivity contribution in [2.45, 2.75) is 25.9 Å². The van der Waals surface area contributed by atoms with Gasteiger partial charge in [0, 0.05) is 0 Å². The molecule has 7 heteroatoms. The maximum atomic E-state index is 12.7.